The first-order valence-corrected chi connectivity index (χ1v) is 7.07. The van der Waals surface area contributed by atoms with Gasteiger partial charge in [-0.2, -0.15) is 0 Å². The smallest absolute Gasteiger partial charge is 0.271 e. The van der Waals surface area contributed by atoms with E-state index in [2.05, 4.69) is 34.0 Å². The van der Waals surface area contributed by atoms with Crippen LogP contribution in [0.2, 0.25) is 0 Å². The van der Waals surface area contributed by atoms with Crippen molar-refractivity contribution < 1.29 is 9.53 Å². The van der Waals surface area contributed by atoms with Crippen molar-refractivity contribution in [1.82, 2.24) is 20.2 Å². The molecule has 0 radical (unpaired) electrons. The van der Waals surface area contributed by atoms with E-state index in [9.17, 15) is 4.79 Å². The largest absolute Gasteiger partial charge is 0.373 e. The first kappa shape index (κ1) is 14.9. The van der Waals surface area contributed by atoms with E-state index >= 15 is 0 Å². The lowest BCUT2D eigenvalue weighted by molar-refractivity contribution is -0.0679. The minimum Gasteiger partial charge on any atom is -0.373 e. The molecule has 2 unspecified atom stereocenters. The number of hydrogen-bond acceptors (Lipinski definition) is 5. The van der Waals surface area contributed by atoms with Crippen molar-refractivity contribution in [2.24, 2.45) is 0 Å². The monoisotopic (exact) mass is 278 g/mol. The van der Waals surface area contributed by atoms with Crippen molar-refractivity contribution in [2.75, 3.05) is 26.2 Å². The summed E-state index contributed by atoms with van der Waals surface area (Å²) in [6.07, 6.45) is 6.04. The number of nitrogens with one attached hydrogen (secondary N) is 1. The van der Waals surface area contributed by atoms with Crippen LogP contribution in [0.15, 0.2) is 18.6 Å². The maximum Gasteiger partial charge on any atom is 0.271 e. The summed E-state index contributed by atoms with van der Waals surface area (Å²) in [5.74, 6) is -0.165. The minimum absolute atomic E-state index is 0.165. The summed E-state index contributed by atoms with van der Waals surface area (Å²) in [7, 11) is 0. The number of rotatable bonds is 5. The Morgan fingerprint density at radius 3 is 2.80 bits per heavy atom. The SMILES string of the molecule is CC1CN(CCCNC(=O)c2cnccn2)CC(C)O1. The van der Waals surface area contributed by atoms with Gasteiger partial charge in [-0.3, -0.25) is 14.7 Å². The number of nitrogens with zero attached hydrogens (tertiary/aromatic N) is 3. The summed E-state index contributed by atoms with van der Waals surface area (Å²) in [5.41, 5.74) is 0.362. The number of amides is 1. The van der Waals surface area contributed by atoms with Gasteiger partial charge >= 0.3 is 0 Å². The van der Waals surface area contributed by atoms with E-state index in [0.717, 1.165) is 26.1 Å². The molecule has 0 spiro atoms. The van der Waals surface area contributed by atoms with Gasteiger partial charge in [0.15, 0.2) is 0 Å². The quantitative estimate of drug-likeness (QED) is 0.803. The van der Waals surface area contributed by atoms with Crippen molar-refractivity contribution in [2.45, 2.75) is 32.5 Å². The highest BCUT2D eigenvalue weighted by molar-refractivity contribution is 5.91. The molecule has 2 rings (SSSR count). The Balaban J connectivity index is 1.65. The van der Waals surface area contributed by atoms with Gasteiger partial charge in [-0.25, -0.2) is 4.98 Å². The van der Waals surface area contributed by atoms with Gasteiger partial charge < -0.3 is 10.1 Å². The van der Waals surface area contributed by atoms with Crippen LogP contribution in [0.1, 0.15) is 30.8 Å². The predicted molar refractivity (Wildman–Crippen MR) is 75.4 cm³/mol. The number of ether oxygens (including phenoxy) is 1. The van der Waals surface area contributed by atoms with E-state index in [4.69, 9.17) is 4.74 Å². The molecule has 0 aromatic carbocycles. The molecule has 1 saturated heterocycles. The van der Waals surface area contributed by atoms with Gasteiger partial charge in [0.25, 0.3) is 5.91 Å². The van der Waals surface area contributed by atoms with Crippen LogP contribution in [-0.4, -0.2) is 59.2 Å². The molecule has 0 aliphatic carbocycles. The molecule has 1 aromatic heterocycles. The normalized spacial score (nSPS) is 23.5. The zero-order valence-corrected chi connectivity index (χ0v) is 12.1. The van der Waals surface area contributed by atoms with Gasteiger partial charge in [0.1, 0.15) is 5.69 Å². The average Bonchev–Trinajstić information content (AvgIpc) is 2.43. The molecule has 2 atom stereocenters. The van der Waals surface area contributed by atoms with Gasteiger partial charge in [-0.1, -0.05) is 0 Å². The van der Waals surface area contributed by atoms with Gasteiger partial charge in [-0.05, 0) is 20.3 Å². The first-order valence-electron chi connectivity index (χ1n) is 7.07. The van der Waals surface area contributed by atoms with E-state index in [1.807, 2.05) is 0 Å². The van der Waals surface area contributed by atoms with Crippen LogP contribution in [-0.2, 0) is 4.74 Å². The molecule has 20 heavy (non-hydrogen) atoms. The molecule has 110 valence electrons. The highest BCUT2D eigenvalue weighted by Crippen LogP contribution is 2.10. The van der Waals surface area contributed by atoms with E-state index in [1.165, 1.54) is 12.4 Å². The molecular weight excluding hydrogens is 256 g/mol. The standard InChI is InChI=1S/C14H22N4O2/c1-11-9-18(10-12(2)20-11)7-3-4-17-14(19)13-8-15-5-6-16-13/h5-6,8,11-12H,3-4,7,9-10H2,1-2H3,(H,17,19). The summed E-state index contributed by atoms with van der Waals surface area (Å²) >= 11 is 0. The Hall–Kier alpha value is -1.53. The van der Waals surface area contributed by atoms with Gasteiger partial charge in [0.2, 0.25) is 0 Å². The third kappa shape index (κ3) is 4.54. The van der Waals surface area contributed by atoms with E-state index < -0.39 is 0 Å². The Morgan fingerprint density at radius 2 is 2.15 bits per heavy atom. The molecular formula is C14H22N4O2. The summed E-state index contributed by atoms with van der Waals surface area (Å²) in [6.45, 7) is 7.73. The lowest BCUT2D eigenvalue weighted by Crippen LogP contribution is -2.46. The van der Waals surface area contributed by atoms with Gasteiger partial charge in [-0.15, -0.1) is 0 Å². The molecule has 1 aromatic rings. The molecule has 1 N–H and O–H groups in total. The zero-order chi connectivity index (χ0) is 14.4. The van der Waals surface area contributed by atoms with Crippen LogP contribution in [0.3, 0.4) is 0 Å². The van der Waals surface area contributed by atoms with Crippen LogP contribution >= 0.6 is 0 Å². The molecule has 2 heterocycles. The highest BCUT2D eigenvalue weighted by atomic mass is 16.5. The summed E-state index contributed by atoms with van der Waals surface area (Å²) in [5, 5.41) is 2.86. The zero-order valence-electron chi connectivity index (χ0n) is 12.1. The minimum atomic E-state index is -0.165. The Labute approximate surface area is 119 Å². The average molecular weight is 278 g/mol. The fraction of sp³-hybridized carbons (Fsp3) is 0.643. The number of hydrogen-bond donors (Lipinski definition) is 1. The molecule has 6 heteroatoms. The lowest BCUT2D eigenvalue weighted by Gasteiger charge is -2.35. The highest BCUT2D eigenvalue weighted by Gasteiger charge is 2.21. The van der Waals surface area contributed by atoms with Gasteiger partial charge in [0.05, 0.1) is 18.4 Å². The third-order valence-electron chi connectivity index (χ3n) is 3.23. The van der Waals surface area contributed by atoms with Crippen molar-refractivity contribution in [3.8, 4) is 0 Å². The number of morpholine rings is 1. The van der Waals surface area contributed by atoms with Crippen molar-refractivity contribution >= 4 is 5.91 Å². The fourth-order valence-corrected chi connectivity index (χ4v) is 2.48. The second-order valence-corrected chi connectivity index (χ2v) is 5.22. The lowest BCUT2D eigenvalue weighted by atomic mass is 10.2. The number of carbonyl (C=O) groups is 1. The van der Waals surface area contributed by atoms with Crippen molar-refractivity contribution in [1.29, 1.82) is 0 Å². The fourth-order valence-electron chi connectivity index (χ4n) is 2.48. The van der Waals surface area contributed by atoms with Crippen LogP contribution in [0.5, 0.6) is 0 Å². The predicted octanol–water partition coefficient (Wildman–Crippen LogP) is 0.706. The maximum absolute atomic E-state index is 11.8. The summed E-state index contributed by atoms with van der Waals surface area (Å²) < 4.78 is 5.69. The molecule has 6 nitrogen and oxygen atoms in total. The summed E-state index contributed by atoms with van der Waals surface area (Å²) in [4.78, 5) is 22.0. The van der Waals surface area contributed by atoms with Crippen LogP contribution in [0.25, 0.3) is 0 Å². The number of carbonyl (C=O) groups excluding carboxylic acids is 1. The molecule has 1 aliphatic rings. The molecule has 0 saturated carbocycles. The second kappa shape index (κ2) is 7.31. The Kier molecular flexibility index (Phi) is 5.43. The van der Waals surface area contributed by atoms with E-state index in [-0.39, 0.29) is 18.1 Å². The molecule has 1 aliphatic heterocycles. The summed E-state index contributed by atoms with van der Waals surface area (Å²) in [6, 6.07) is 0. The van der Waals surface area contributed by atoms with E-state index in [1.54, 1.807) is 6.20 Å². The Morgan fingerprint density at radius 1 is 1.40 bits per heavy atom. The number of aromatic nitrogens is 2. The molecule has 1 amide bonds. The molecule has 1 fully saturated rings. The Bertz CT molecular complexity index is 416. The van der Waals surface area contributed by atoms with E-state index in [0.29, 0.717) is 12.2 Å². The van der Waals surface area contributed by atoms with Crippen molar-refractivity contribution in [3.05, 3.63) is 24.3 Å². The van der Waals surface area contributed by atoms with Crippen molar-refractivity contribution in [3.63, 3.8) is 0 Å². The topological polar surface area (TPSA) is 67.4 Å². The third-order valence-corrected chi connectivity index (χ3v) is 3.23. The van der Waals surface area contributed by atoms with Crippen LogP contribution in [0, 0.1) is 0 Å². The second-order valence-electron chi connectivity index (χ2n) is 5.22. The maximum atomic E-state index is 11.8. The van der Waals surface area contributed by atoms with Gasteiger partial charge in [0, 0.05) is 38.6 Å². The first-order chi connectivity index (χ1) is 9.65. The van der Waals surface area contributed by atoms with Crippen LogP contribution in [0.4, 0.5) is 0 Å². The van der Waals surface area contributed by atoms with Crippen LogP contribution < -0.4 is 5.32 Å². The molecule has 0 bridgehead atoms.